The average molecular weight is 777 g/mol. The molecule has 2 aliphatic heterocycles. The van der Waals surface area contributed by atoms with Crippen LogP contribution in [0.3, 0.4) is 0 Å². The Morgan fingerprint density at radius 3 is 1.30 bits per heavy atom. The van der Waals surface area contributed by atoms with Gasteiger partial charge in [0.25, 0.3) is 0 Å². The molecule has 3 aliphatic rings. The van der Waals surface area contributed by atoms with Crippen LogP contribution in [0.25, 0.3) is 0 Å². The largest absolute Gasteiger partial charge is 0.329 e. The quantitative estimate of drug-likeness (QED) is 0.161. The Hall–Kier alpha value is -4.54. The van der Waals surface area contributed by atoms with Crippen molar-refractivity contribution in [3.05, 3.63) is 95.1 Å². The highest BCUT2D eigenvalue weighted by Gasteiger charge is 2.41. The van der Waals surface area contributed by atoms with E-state index < -0.39 is 24.2 Å². The summed E-state index contributed by atoms with van der Waals surface area (Å²) in [5.74, 6) is 0.0465. The van der Waals surface area contributed by atoms with Gasteiger partial charge in [-0.2, -0.15) is 0 Å². The molecule has 2 heterocycles. The molecule has 0 spiro atoms. The van der Waals surface area contributed by atoms with Crippen LogP contribution in [-0.2, 0) is 24.6 Å². The Morgan fingerprint density at radius 1 is 0.579 bits per heavy atom. The number of hydrogen-bond donors (Lipinski definition) is 4. The van der Waals surface area contributed by atoms with Crippen molar-refractivity contribution in [2.45, 2.75) is 134 Å². The maximum absolute atomic E-state index is 13.4. The van der Waals surface area contributed by atoms with Gasteiger partial charge in [-0.1, -0.05) is 97.0 Å². The van der Waals surface area contributed by atoms with E-state index in [0.29, 0.717) is 37.3 Å². The molecule has 0 aromatic heterocycles. The lowest BCUT2D eigenvalue weighted by molar-refractivity contribution is -0.138. The Kier molecular flexibility index (Phi) is 12.9. The van der Waals surface area contributed by atoms with E-state index >= 15 is 0 Å². The number of carbonyl (C=O) groups is 4. The molecule has 57 heavy (non-hydrogen) atoms. The molecular weight excluding hydrogens is 713 g/mol. The summed E-state index contributed by atoms with van der Waals surface area (Å²) >= 11 is 0. The van der Waals surface area contributed by atoms with Crippen LogP contribution in [0, 0.1) is 11.8 Å². The van der Waals surface area contributed by atoms with Crippen molar-refractivity contribution in [2.24, 2.45) is 23.3 Å². The predicted molar refractivity (Wildman–Crippen MR) is 228 cm³/mol. The number of amides is 4. The topological polar surface area (TPSA) is 151 Å². The maximum atomic E-state index is 13.4. The minimum Gasteiger partial charge on any atom is -0.329 e. The summed E-state index contributed by atoms with van der Waals surface area (Å²) < 4.78 is 0. The second-order valence-corrected chi connectivity index (χ2v) is 18.3. The molecule has 1 saturated carbocycles. The van der Waals surface area contributed by atoms with Crippen molar-refractivity contribution in [3.63, 3.8) is 0 Å². The Morgan fingerprint density at radius 2 is 0.947 bits per heavy atom. The summed E-state index contributed by atoms with van der Waals surface area (Å²) in [7, 11) is 0. The molecule has 3 aromatic rings. The van der Waals surface area contributed by atoms with Gasteiger partial charge in [-0.15, -0.1) is 0 Å². The number of anilines is 2. The van der Waals surface area contributed by atoms with Crippen LogP contribution in [0.1, 0.15) is 127 Å². The molecule has 1 aliphatic carbocycles. The fourth-order valence-corrected chi connectivity index (χ4v) is 9.05. The van der Waals surface area contributed by atoms with Gasteiger partial charge in [-0.05, 0) is 120 Å². The second-order valence-electron chi connectivity index (χ2n) is 18.3. The number of nitrogens with one attached hydrogen (secondary N) is 2. The van der Waals surface area contributed by atoms with Crippen LogP contribution >= 0.6 is 0 Å². The Balaban J connectivity index is 1.18. The Bertz CT molecular complexity index is 1780. The van der Waals surface area contributed by atoms with Gasteiger partial charge in [-0.25, -0.2) is 0 Å². The molecule has 4 amide bonds. The molecule has 10 heteroatoms. The van der Waals surface area contributed by atoms with Gasteiger partial charge in [-0.3, -0.25) is 19.2 Å². The zero-order valence-electron chi connectivity index (χ0n) is 35.0. The fourth-order valence-electron chi connectivity index (χ4n) is 9.05. The standard InChI is InChI=1S/C47H64N6O4/c1-28(2)41(48)45(56)52-26-8-10-38(52)43(54)50-34-20-14-30(15-21-34)36-24-25-37(40(36)32-12-18-33(19-13-32)47(5,6)7)31-16-22-35(23-17-31)51-44(55)39-11-9-27-53(39)46(57)42(49)29(3)4/h12-23,28-29,36-42H,8-11,24-27,48-49H2,1-7H3,(H,50,54)(H,51,55)/t36?,37?,38-,39-,40?,41-,42-/m0/s1. The lowest BCUT2D eigenvalue weighted by Crippen LogP contribution is -2.51. The fraction of sp³-hybridized carbons (Fsp3) is 0.532. The monoisotopic (exact) mass is 776 g/mol. The zero-order valence-corrected chi connectivity index (χ0v) is 35.0. The van der Waals surface area contributed by atoms with Crippen molar-refractivity contribution in [3.8, 4) is 0 Å². The van der Waals surface area contributed by atoms with E-state index in [4.69, 9.17) is 11.5 Å². The Labute approximate surface area is 339 Å². The molecule has 3 aromatic carbocycles. The van der Waals surface area contributed by atoms with Gasteiger partial charge in [0.1, 0.15) is 12.1 Å². The first kappa shape index (κ1) is 42.1. The van der Waals surface area contributed by atoms with Crippen LogP contribution in [0.5, 0.6) is 0 Å². The number of rotatable bonds is 11. The average Bonchev–Trinajstić information content (AvgIpc) is 3.98. The molecule has 6 N–H and O–H groups in total. The molecule has 6 rings (SSSR count). The van der Waals surface area contributed by atoms with E-state index in [9.17, 15) is 19.2 Å². The first-order valence-electron chi connectivity index (χ1n) is 21.1. The van der Waals surface area contributed by atoms with Gasteiger partial charge in [0, 0.05) is 24.5 Å². The van der Waals surface area contributed by atoms with E-state index in [-0.39, 0.29) is 58.6 Å². The number of carbonyl (C=O) groups excluding carboxylic acids is 4. The van der Waals surface area contributed by atoms with Crippen LogP contribution in [0.15, 0.2) is 72.8 Å². The van der Waals surface area contributed by atoms with E-state index in [1.54, 1.807) is 9.80 Å². The van der Waals surface area contributed by atoms with Gasteiger partial charge in [0.15, 0.2) is 0 Å². The third kappa shape index (κ3) is 9.28. The SMILES string of the molecule is CC(C)[C@H](N)C(=O)N1CCC[C@H]1C(=O)Nc1ccc(C2CCC(c3ccc(NC(=O)[C@@H]4CCCN4C(=O)[C@@H](N)C(C)C)cc3)C2c2ccc(C(C)(C)C)cc2)cc1. The van der Waals surface area contributed by atoms with Crippen molar-refractivity contribution in [2.75, 3.05) is 23.7 Å². The van der Waals surface area contributed by atoms with Crippen LogP contribution in [0.2, 0.25) is 0 Å². The van der Waals surface area contributed by atoms with Gasteiger partial charge < -0.3 is 31.9 Å². The normalized spacial score (nSPS) is 23.5. The first-order valence-corrected chi connectivity index (χ1v) is 21.1. The third-order valence-corrected chi connectivity index (χ3v) is 12.7. The highest BCUT2D eigenvalue weighted by atomic mass is 16.2. The summed E-state index contributed by atoms with van der Waals surface area (Å²) in [6, 6.07) is 23.3. The third-order valence-electron chi connectivity index (χ3n) is 12.7. The molecule has 6 atom stereocenters. The molecular formula is C47H64N6O4. The number of benzene rings is 3. The molecule has 0 radical (unpaired) electrons. The summed E-state index contributed by atoms with van der Waals surface area (Å²) in [5, 5.41) is 6.16. The van der Waals surface area contributed by atoms with Gasteiger partial charge in [0.05, 0.1) is 12.1 Å². The summed E-state index contributed by atoms with van der Waals surface area (Å²) in [6.07, 6.45) is 4.81. The summed E-state index contributed by atoms with van der Waals surface area (Å²) in [6.45, 7) is 15.5. The van der Waals surface area contributed by atoms with Gasteiger partial charge in [0.2, 0.25) is 23.6 Å². The van der Waals surface area contributed by atoms with Crippen LogP contribution < -0.4 is 22.1 Å². The minimum absolute atomic E-state index is 0.000979. The molecule has 0 bridgehead atoms. The molecule has 3 fully saturated rings. The van der Waals surface area contributed by atoms with Crippen LogP contribution in [0.4, 0.5) is 11.4 Å². The van der Waals surface area contributed by atoms with E-state index in [2.05, 4.69) is 79.9 Å². The minimum atomic E-state index is -0.620. The van der Waals surface area contributed by atoms with Crippen molar-refractivity contribution < 1.29 is 19.2 Å². The van der Waals surface area contributed by atoms with E-state index in [0.717, 1.165) is 25.7 Å². The molecule has 2 saturated heterocycles. The lowest BCUT2D eigenvalue weighted by Gasteiger charge is -2.29. The highest BCUT2D eigenvalue weighted by molar-refractivity contribution is 5.99. The van der Waals surface area contributed by atoms with Crippen LogP contribution in [-0.4, -0.2) is 70.7 Å². The predicted octanol–water partition coefficient (Wildman–Crippen LogP) is 7.25. The number of hydrogen-bond acceptors (Lipinski definition) is 6. The maximum Gasteiger partial charge on any atom is 0.247 e. The number of nitrogens with zero attached hydrogens (tertiary/aromatic N) is 2. The number of nitrogens with two attached hydrogens (primary N) is 2. The number of likely N-dealkylation sites (tertiary alicyclic amines) is 2. The highest BCUT2D eigenvalue weighted by Crippen LogP contribution is 2.54. The zero-order chi connectivity index (χ0) is 41.2. The van der Waals surface area contributed by atoms with E-state index in [1.807, 2.05) is 52.0 Å². The summed E-state index contributed by atoms with van der Waals surface area (Å²) in [4.78, 5) is 56.3. The molecule has 10 nitrogen and oxygen atoms in total. The second kappa shape index (κ2) is 17.5. The first-order chi connectivity index (χ1) is 27.0. The molecule has 2 unspecified atom stereocenters. The van der Waals surface area contributed by atoms with Crippen molar-refractivity contribution in [1.82, 2.24) is 9.80 Å². The molecule has 306 valence electrons. The van der Waals surface area contributed by atoms with E-state index in [1.165, 1.54) is 22.3 Å². The van der Waals surface area contributed by atoms with Crippen molar-refractivity contribution >= 4 is 35.0 Å². The smallest absolute Gasteiger partial charge is 0.247 e. The summed E-state index contributed by atoms with van der Waals surface area (Å²) in [5.41, 5.74) is 18.8. The van der Waals surface area contributed by atoms with Gasteiger partial charge >= 0.3 is 0 Å². The lowest BCUT2D eigenvalue weighted by atomic mass is 9.76. The van der Waals surface area contributed by atoms with Crippen molar-refractivity contribution in [1.29, 1.82) is 0 Å².